The number of aliphatic hydroxyl groups is 1. The van der Waals surface area contributed by atoms with E-state index in [-0.39, 0.29) is 6.54 Å². The molecule has 0 bridgehead atoms. The monoisotopic (exact) mass is 267 g/mol. The molecule has 1 aromatic rings. The van der Waals surface area contributed by atoms with E-state index in [1.54, 1.807) is 18.2 Å². The second-order valence-electron chi connectivity index (χ2n) is 4.57. The summed E-state index contributed by atoms with van der Waals surface area (Å²) in [6, 6.07) is 7.59. The summed E-state index contributed by atoms with van der Waals surface area (Å²) in [7, 11) is 0. The molecule has 0 amide bonds. The van der Waals surface area contributed by atoms with Gasteiger partial charge in [-0.1, -0.05) is 23.7 Å². The third-order valence-electron chi connectivity index (χ3n) is 3.13. The largest absolute Gasteiger partial charge is 0.386 e. The van der Waals surface area contributed by atoms with Crippen molar-refractivity contribution in [1.82, 2.24) is 5.32 Å². The molecule has 0 unspecified atom stereocenters. The number of aliphatic hydroxyl groups excluding tert-OH is 1. The molecule has 1 atom stereocenters. The first-order valence-corrected chi connectivity index (χ1v) is 6.53. The SMILES string of the molecule is NC(=NC[C@@H](O)c1cccc(Cl)c1)NC1CCC1. The van der Waals surface area contributed by atoms with E-state index in [1.807, 2.05) is 6.07 Å². The molecule has 98 valence electrons. The highest BCUT2D eigenvalue weighted by Gasteiger charge is 2.17. The number of nitrogens with zero attached hydrogens (tertiary/aromatic N) is 1. The van der Waals surface area contributed by atoms with Crippen molar-refractivity contribution in [1.29, 1.82) is 0 Å². The van der Waals surface area contributed by atoms with E-state index in [9.17, 15) is 5.11 Å². The van der Waals surface area contributed by atoms with Gasteiger partial charge in [0, 0.05) is 11.1 Å². The van der Waals surface area contributed by atoms with Crippen LogP contribution in [0.4, 0.5) is 0 Å². The van der Waals surface area contributed by atoms with E-state index in [1.165, 1.54) is 6.42 Å². The molecule has 18 heavy (non-hydrogen) atoms. The highest BCUT2D eigenvalue weighted by Crippen LogP contribution is 2.19. The lowest BCUT2D eigenvalue weighted by Crippen LogP contribution is -2.43. The van der Waals surface area contributed by atoms with Crippen LogP contribution in [0, 0.1) is 0 Å². The van der Waals surface area contributed by atoms with Crippen molar-refractivity contribution < 1.29 is 5.11 Å². The molecule has 1 aliphatic carbocycles. The molecule has 0 aromatic heterocycles. The zero-order chi connectivity index (χ0) is 13.0. The smallest absolute Gasteiger partial charge is 0.188 e. The molecule has 0 heterocycles. The van der Waals surface area contributed by atoms with Crippen LogP contribution in [0.15, 0.2) is 29.3 Å². The molecule has 0 radical (unpaired) electrons. The van der Waals surface area contributed by atoms with Gasteiger partial charge < -0.3 is 16.2 Å². The van der Waals surface area contributed by atoms with Crippen molar-refractivity contribution >= 4 is 17.6 Å². The lowest BCUT2D eigenvalue weighted by atomic mass is 9.93. The van der Waals surface area contributed by atoms with Crippen molar-refractivity contribution in [3.8, 4) is 0 Å². The summed E-state index contributed by atoms with van der Waals surface area (Å²) in [5, 5.41) is 13.7. The fraction of sp³-hybridized carbons (Fsp3) is 0.462. The van der Waals surface area contributed by atoms with Crippen LogP contribution < -0.4 is 11.1 Å². The molecule has 1 saturated carbocycles. The molecule has 4 nitrogen and oxygen atoms in total. The van der Waals surface area contributed by atoms with E-state index >= 15 is 0 Å². The molecule has 5 heteroatoms. The van der Waals surface area contributed by atoms with Crippen molar-refractivity contribution in [2.45, 2.75) is 31.4 Å². The summed E-state index contributed by atoms with van der Waals surface area (Å²) in [4.78, 5) is 4.14. The zero-order valence-corrected chi connectivity index (χ0v) is 10.9. The number of aliphatic imine (C=N–C) groups is 1. The molecule has 0 aliphatic heterocycles. The normalized spacial score (nSPS) is 18.2. The predicted molar refractivity (Wildman–Crippen MR) is 73.7 cm³/mol. The summed E-state index contributed by atoms with van der Waals surface area (Å²) >= 11 is 5.86. The highest BCUT2D eigenvalue weighted by molar-refractivity contribution is 6.30. The number of hydrogen-bond acceptors (Lipinski definition) is 2. The van der Waals surface area contributed by atoms with Gasteiger partial charge in [0.25, 0.3) is 0 Å². The topological polar surface area (TPSA) is 70.6 Å². The molecule has 1 aromatic carbocycles. The second kappa shape index (κ2) is 6.07. The molecular weight excluding hydrogens is 250 g/mol. The zero-order valence-electron chi connectivity index (χ0n) is 10.1. The Morgan fingerprint density at radius 1 is 1.56 bits per heavy atom. The Balaban J connectivity index is 1.86. The van der Waals surface area contributed by atoms with Crippen LogP contribution in [0.25, 0.3) is 0 Å². The van der Waals surface area contributed by atoms with Gasteiger partial charge >= 0.3 is 0 Å². The van der Waals surface area contributed by atoms with Gasteiger partial charge in [-0.15, -0.1) is 0 Å². The summed E-state index contributed by atoms with van der Waals surface area (Å²) < 4.78 is 0. The number of rotatable bonds is 4. The van der Waals surface area contributed by atoms with Gasteiger partial charge in [0.15, 0.2) is 5.96 Å². The Bertz CT molecular complexity index is 432. The molecule has 0 spiro atoms. The third kappa shape index (κ3) is 3.62. The summed E-state index contributed by atoms with van der Waals surface area (Å²) in [6.45, 7) is 0.242. The van der Waals surface area contributed by atoms with Crippen LogP contribution in [-0.4, -0.2) is 23.7 Å². The minimum Gasteiger partial charge on any atom is -0.386 e. The first kappa shape index (κ1) is 13.2. The van der Waals surface area contributed by atoms with E-state index in [0.717, 1.165) is 18.4 Å². The Labute approximate surface area is 112 Å². The van der Waals surface area contributed by atoms with Crippen molar-refractivity contribution in [2.24, 2.45) is 10.7 Å². The summed E-state index contributed by atoms with van der Waals surface area (Å²) in [5.41, 5.74) is 6.49. The number of halogens is 1. The standard InChI is InChI=1S/C13H18ClN3O/c14-10-4-1-3-9(7-10)12(18)8-16-13(15)17-11-5-2-6-11/h1,3-4,7,11-12,18H,2,5-6,8H2,(H3,15,16,17)/t12-/m1/s1. The average molecular weight is 268 g/mol. The van der Waals surface area contributed by atoms with Crippen LogP contribution in [-0.2, 0) is 0 Å². The van der Waals surface area contributed by atoms with Gasteiger partial charge in [-0.2, -0.15) is 0 Å². The van der Waals surface area contributed by atoms with Gasteiger partial charge in [-0.3, -0.25) is 4.99 Å². The van der Waals surface area contributed by atoms with E-state index in [4.69, 9.17) is 17.3 Å². The summed E-state index contributed by atoms with van der Waals surface area (Å²) in [6.07, 6.45) is 2.86. The molecule has 1 aliphatic rings. The van der Waals surface area contributed by atoms with Gasteiger partial charge in [0.1, 0.15) is 0 Å². The maximum atomic E-state index is 9.95. The Morgan fingerprint density at radius 2 is 2.33 bits per heavy atom. The maximum absolute atomic E-state index is 9.95. The number of guanidine groups is 1. The van der Waals surface area contributed by atoms with Gasteiger partial charge in [0.05, 0.1) is 12.6 Å². The van der Waals surface area contributed by atoms with Gasteiger partial charge in [-0.05, 0) is 37.0 Å². The van der Waals surface area contributed by atoms with Crippen LogP contribution in [0.1, 0.15) is 30.9 Å². The summed E-state index contributed by atoms with van der Waals surface area (Å²) in [5.74, 6) is 0.403. The van der Waals surface area contributed by atoms with E-state index < -0.39 is 6.10 Å². The Hall–Kier alpha value is -1.26. The molecule has 2 rings (SSSR count). The maximum Gasteiger partial charge on any atom is 0.188 e. The Kier molecular flexibility index (Phi) is 4.44. The predicted octanol–water partition coefficient (Wildman–Crippen LogP) is 1.83. The van der Waals surface area contributed by atoms with Crippen molar-refractivity contribution in [3.63, 3.8) is 0 Å². The van der Waals surface area contributed by atoms with Crippen LogP contribution in [0.3, 0.4) is 0 Å². The molecular formula is C13H18ClN3O. The fourth-order valence-electron chi connectivity index (χ4n) is 1.81. The average Bonchev–Trinajstić information content (AvgIpc) is 2.31. The highest BCUT2D eigenvalue weighted by atomic mass is 35.5. The number of hydrogen-bond donors (Lipinski definition) is 3. The first-order valence-electron chi connectivity index (χ1n) is 6.15. The molecule has 0 saturated heterocycles. The minimum atomic E-state index is -0.676. The van der Waals surface area contributed by atoms with Crippen molar-refractivity contribution in [3.05, 3.63) is 34.9 Å². The van der Waals surface area contributed by atoms with Crippen LogP contribution in [0.5, 0.6) is 0 Å². The second-order valence-corrected chi connectivity index (χ2v) is 5.01. The van der Waals surface area contributed by atoms with Crippen LogP contribution in [0.2, 0.25) is 5.02 Å². The van der Waals surface area contributed by atoms with Crippen LogP contribution >= 0.6 is 11.6 Å². The number of nitrogens with one attached hydrogen (secondary N) is 1. The lowest BCUT2D eigenvalue weighted by Gasteiger charge is -2.26. The number of nitrogens with two attached hydrogens (primary N) is 1. The lowest BCUT2D eigenvalue weighted by molar-refractivity contribution is 0.187. The number of benzene rings is 1. The fourth-order valence-corrected chi connectivity index (χ4v) is 2.01. The first-order chi connectivity index (χ1) is 8.65. The molecule has 1 fully saturated rings. The van der Waals surface area contributed by atoms with Crippen molar-refractivity contribution in [2.75, 3.05) is 6.54 Å². The van der Waals surface area contributed by atoms with E-state index in [2.05, 4.69) is 10.3 Å². The quantitative estimate of drug-likeness (QED) is 0.576. The van der Waals surface area contributed by atoms with Gasteiger partial charge in [0.2, 0.25) is 0 Å². The van der Waals surface area contributed by atoms with Gasteiger partial charge in [-0.25, -0.2) is 0 Å². The minimum absolute atomic E-state index is 0.242. The van der Waals surface area contributed by atoms with E-state index in [0.29, 0.717) is 17.0 Å². The third-order valence-corrected chi connectivity index (χ3v) is 3.36. The molecule has 4 N–H and O–H groups in total. The Morgan fingerprint density at radius 3 is 2.94 bits per heavy atom.